The van der Waals surface area contributed by atoms with E-state index in [1.807, 2.05) is 0 Å². The molecule has 2 rings (SSSR count). The highest BCUT2D eigenvalue weighted by molar-refractivity contribution is 5.80. The second-order valence-corrected chi connectivity index (χ2v) is 3.93. The number of aromatic nitrogens is 5. The topological polar surface area (TPSA) is 82.5 Å². The summed E-state index contributed by atoms with van der Waals surface area (Å²) in [7, 11) is 0. The van der Waals surface area contributed by atoms with E-state index in [0.717, 1.165) is 13.0 Å². The van der Waals surface area contributed by atoms with Crippen LogP contribution in [0, 0.1) is 5.92 Å². The maximum absolute atomic E-state index is 5.66. The van der Waals surface area contributed by atoms with Crippen molar-refractivity contribution in [3.8, 4) is 0 Å². The summed E-state index contributed by atoms with van der Waals surface area (Å²) in [5.41, 5.74) is 6.95. The molecule has 2 heterocycles. The molecule has 0 aliphatic rings. The first kappa shape index (κ1) is 9.82. The Morgan fingerprint density at radius 2 is 2.20 bits per heavy atom. The summed E-state index contributed by atoms with van der Waals surface area (Å²) < 4.78 is 1.77. The highest BCUT2D eigenvalue weighted by Crippen LogP contribution is 2.13. The molecule has 80 valence electrons. The van der Waals surface area contributed by atoms with Crippen LogP contribution in [0.3, 0.4) is 0 Å². The maximum atomic E-state index is 5.66. The highest BCUT2D eigenvalue weighted by Gasteiger charge is 2.09. The Labute approximate surface area is 87.5 Å². The molecule has 0 bridgehead atoms. The molecule has 2 aromatic heterocycles. The van der Waals surface area contributed by atoms with Crippen molar-refractivity contribution in [1.82, 2.24) is 25.0 Å². The summed E-state index contributed by atoms with van der Waals surface area (Å²) in [6.45, 7) is 5.15. The minimum atomic E-state index is 0.385. The van der Waals surface area contributed by atoms with E-state index < -0.39 is 0 Å². The maximum Gasteiger partial charge on any atom is 0.183 e. The lowest BCUT2D eigenvalue weighted by atomic mass is 10.1. The molecule has 0 saturated heterocycles. The normalized spacial score (nSPS) is 11.4. The van der Waals surface area contributed by atoms with E-state index in [9.17, 15) is 0 Å². The van der Waals surface area contributed by atoms with Crippen molar-refractivity contribution in [3.63, 3.8) is 0 Å². The lowest BCUT2D eigenvalue weighted by molar-refractivity contribution is 0.485. The lowest BCUT2D eigenvalue weighted by Gasteiger charge is -2.03. The zero-order valence-electron chi connectivity index (χ0n) is 8.88. The fourth-order valence-electron chi connectivity index (χ4n) is 1.34. The number of fused-ring (bicyclic) bond motifs is 1. The van der Waals surface area contributed by atoms with Gasteiger partial charge in [0.05, 0.1) is 0 Å². The molecular weight excluding hydrogens is 192 g/mol. The fraction of sp³-hybridized carbons (Fsp3) is 0.556. The van der Waals surface area contributed by atoms with Gasteiger partial charge in [0.1, 0.15) is 6.33 Å². The van der Waals surface area contributed by atoms with Gasteiger partial charge in [-0.1, -0.05) is 19.1 Å². The molecule has 2 aromatic rings. The molecule has 0 unspecified atom stereocenters. The van der Waals surface area contributed by atoms with E-state index in [-0.39, 0.29) is 0 Å². The van der Waals surface area contributed by atoms with Crippen LogP contribution in [0.2, 0.25) is 0 Å². The second kappa shape index (κ2) is 3.80. The number of hydrogen-bond acceptors (Lipinski definition) is 5. The summed E-state index contributed by atoms with van der Waals surface area (Å²) in [4.78, 5) is 7.99. The molecule has 6 nitrogen and oxygen atoms in total. The predicted octanol–water partition coefficient (Wildman–Crippen LogP) is 0.850. The quantitative estimate of drug-likeness (QED) is 0.805. The van der Waals surface area contributed by atoms with Gasteiger partial charge < -0.3 is 5.73 Å². The fourth-order valence-corrected chi connectivity index (χ4v) is 1.34. The molecule has 0 aliphatic carbocycles. The minimum Gasteiger partial charge on any atom is -0.382 e. The Balaban J connectivity index is 2.33. The summed E-state index contributed by atoms with van der Waals surface area (Å²) in [5, 5.41) is 7.97. The molecule has 0 spiro atoms. The molecule has 0 aliphatic heterocycles. The van der Waals surface area contributed by atoms with Crippen LogP contribution in [0.15, 0.2) is 6.33 Å². The van der Waals surface area contributed by atoms with E-state index in [4.69, 9.17) is 5.73 Å². The first-order valence-electron chi connectivity index (χ1n) is 4.98. The van der Waals surface area contributed by atoms with Gasteiger partial charge in [0, 0.05) is 6.54 Å². The van der Waals surface area contributed by atoms with Crippen LogP contribution in [0.1, 0.15) is 20.3 Å². The molecule has 0 saturated carbocycles. The summed E-state index contributed by atoms with van der Waals surface area (Å²) in [6.07, 6.45) is 2.48. The van der Waals surface area contributed by atoms with Crippen LogP contribution >= 0.6 is 0 Å². The first-order chi connectivity index (χ1) is 7.18. The lowest BCUT2D eigenvalue weighted by Crippen LogP contribution is -2.04. The van der Waals surface area contributed by atoms with E-state index in [1.165, 1.54) is 6.33 Å². The van der Waals surface area contributed by atoms with Crippen LogP contribution in [-0.4, -0.2) is 25.0 Å². The Bertz CT molecular complexity index is 461. The third-order valence-electron chi connectivity index (χ3n) is 2.25. The van der Waals surface area contributed by atoms with Gasteiger partial charge in [0.2, 0.25) is 0 Å². The SMILES string of the molecule is CC(C)CCn1nnc2c(N)ncnc21. The van der Waals surface area contributed by atoms with Gasteiger partial charge in [-0.25, -0.2) is 14.6 Å². The molecule has 6 heteroatoms. The van der Waals surface area contributed by atoms with Gasteiger partial charge in [0.25, 0.3) is 0 Å². The van der Waals surface area contributed by atoms with Crippen LogP contribution in [0.5, 0.6) is 0 Å². The van der Waals surface area contributed by atoms with Gasteiger partial charge >= 0.3 is 0 Å². The van der Waals surface area contributed by atoms with Crippen molar-refractivity contribution in [2.45, 2.75) is 26.8 Å². The molecule has 15 heavy (non-hydrogen) atoms. The molecule has 0 aromatic carbocycles. The van der Waals surface area contributed by atoms with Crippen molar-refractivity contribution in [1.29, 1.82) is 0 Å². The number of hydrogen-bond donors (Lipinski definition) is 1. The number of nitrogens with two attached hydrogens (primary N) is 1. The number of nitrogen functional groups attached to an aromatic ring is 1. The van der Waals surface area contributed by atoms with Crippen LogP contribution in [-0.2, 0) is 6.54 Å². The highest BCUT2D eigenvalue weighted by atomic mass is 15.4. The molecular formula is C9H14N6. The average Bonchev–Trinajstić information content (AvgIpc) is 2.59. The van der Waals surface area contributed by atoms with E-state index in [0.29, 0.717) is 22.9 Å². The third-order valence-corrected chi connectivity index (χ3v) is 2.25. The number of rotatable bonds is 3. The van der Waals surface area contributed by atoms with Gasteiger partial charge in [-0.05, 0) is 12.3 Å². The van der Waals surface area contributed by atoms with Crippen molar-refractivity contribution in [3.05, 3.63) is 6.33 Å². The Kier molecular flexibility index (Phi) is 2.49. The summed E-state index contributed by atoms with van der Waals surface area (Å²) in [6, 6.07) is 0. The third kappa shape index (κ3) is 1.88. The number of nitrogens with zero attached hydrogens (tertiary/aromatic N) is 5. The van der Waals surface area contributed by atoms with Gasteiger partial charge in [-0.15, -0.1) is 5.10 Å². The van der Waals surface area contributed by atoms with Crippen molar-refractivity contribution in [2.24, 2.45) is 5.92 Å². The molecule has 0 amide bonds. The average molecular weight is 206 g/mol. The van der Waals surface area contributed by atoms with Gasteiger partial charge in [-0.2, -0.15) is 0 Å². The Hall–Kier alpha value is -1.72. The Morgan fingerprint density at radius 3 is 2.93 bits per heavy atom. The summed E-state index contributed by atoms with van der Waals surface area (Å²) in [5.74, 6) is 1.01. The van der Waals surface area contributed by atoms with E-state index in [2.05, 4.69) is 34.1 Å². The van der Waals surface area contributed by atoms with Crippen molar-refractivity contribution >= 4 is 17.0 Å². The molecule has 0 atom stereocenters. The second-order valence-electron chi connectivity index (χ2n) is 3.93. The number of aryl methyl sites for hydroxylation is 1. The van der Waals surface area contributed by atoms with Crippen LogP contribution in [0.4, 0.5) is 5.82 Å². The van der Waals surface area contributed by atoms with Crippen LogP contribution in [0.25, 0.3) is 11.2 Å². The van der Waals surface area contributed by atoms with Crippen molar-refractivity contribution < 1.29 is 0 Å². The molecule has 0 fully saturated rings. The molecule has 0 radical (unpaired) electrons. The van der Waals surface area contributed by atoms with E-state index >= 15 is 0 Å². The van der Waals surface area contributed by atoms with Gasteiger partial charge in [-0.3, -0.25) is 0 Å². The first-order valence-corrected chi connectivity index (χ1v) is 4.98. The standard InChI is InChI=1S/C9H14N6/c1-6(2)3-4-15-9-7(13-14-15)8(10)11-5-12-9/h5-6H,3-4H2,1-2H3,(H2,10,11,12). The molecule has 2 N–H and O–H groups in total. The Morgan fingerprint density at radius 1 is 1.40 bits per heavy atom. The minimum absolute atomic E-state index is 0.385. The summed E-state index contributed by atoms with van der Waals surface area (Å²) >= 11 is 0. The van der Waals surface area contributed by atoms with Crippen LogP contribution < -0.4 is 5.73 Å². The van der Waals surface area contributed by atoms with Gasteiger partial charge in [0.15, 0.2) is 17.0 Å². The number of anilines is 1. The van der Waals surface area contributed by atoms with E-state index in [1.54, 1.807) is 4.68 Å². The largest absolute Gasteiger partial charge is 0.382 e. The monoisotopic (exact) mass is 206 g/mol. The zero-order chi connectivity index (χ0) is 10.8. The predicted molar refractivity (Wildman–Crippen MR) is 57.0 cm³/mol. The smallest absolute Gasteiger partial charge is 0.183 e. The zero-order valence-corrected chi connectivity index (χ0v) is 8.88. The van der Waals surface area contributed by atoms with Crippen molar-refractivity contribution in [2.75, 3.05) is 5.73 Å².